The molecule has 0 saturated heterocycles. The largest absolute Gasteiger partial charge is 0.396 e. The summed E-state index contributed by atoms with van der Waals surface area (Å²) in [7, 11) is 0. The van der Waals surface area contributed by atoms with Gasteiger partial charge in [0.25, 0.3) is 5.91 Å². The van der Waals surface area contributed by atoms with Gasteiger partial charge in [-0.3, -0.25) is 4.79 Å². The van der Waals surface area contributed by atoms with Gasteiger partial charge in [-0.2, -0.15) is 0 Å². The normalized spacial score (nSPS) is 12.3. The van der Waals surface area contributed by atoms with E-state index in [1.807, 2.05) is 11.4 Å². The van der Waals surface area contributed by atoms with E-state index in [1.54, 1.807) is 23.5 Å². The SMILES string of the molecule is O=C(NCC[C@H](CCO)c1cccs1)c1ccc(Cl)s1. The van der Waals surface area contributed by atoms with Crippen LogP contribution in [0.1, 0.15) is 33.3 Å². The van der Waals surface area contributed by atoms with Crippen LogP contribution in [0.25, 0.3) is 0 Å². The van der Waals surface area contributed by atoms with E-state index in [9.17, 15) is 4.79 Å². The van der Waals surface area contributed by atoms with Crippen LogP contribution < -0.4 is 5.32 Å². The summed E-state index contributed by atoms with van der Waals surface area (Å²) in [5, 5.41) is 14.1. The highest BCUT2D eigenvalue weighted by Crippen LogP contribution is 2.27. The fourth-order valence-corrected chi connectivity index (χ4v) is 3.85. The van der Waals surface area contributed by atoms with Crippen molar-refractivity contribution in [2.75, 3.05) is 13.2 Å². The van der Waals surface area contributed by atoms with Crippen molar-refractivity contribution in [3.8, 4) is 0 Å². The first kappa shape index (κ1) is 15.5. The second kappa shape index (κ2) is 7.78. The predicted molar refractivity (Wildman–Crippen MR) is 85.0 cm³/mol. The summed E-state index contributed by atoms with van der Waals surface area (Å²) >= 11 is 8.78. The van der Waals surface area contributed by atoms with Crippen LogP contribution in [0.4, 0.5) is 0 Å². The second-order valence-corrected chi connectivity index (χ2v) is 7.07. The predicted octanol–water partition coefficient (Wildman–Crippen LogP) is 3.75. The molecular formula is C14H16ClNO2S2. The van der Waals surface area contributed by atoms with Crippen LogP contribution in [0.15, 0.2) is 29.6 Å². The molecular weight excluding hydrogens is 314 g/mol. The average molecular weight is 330 g/mol. The molecule has 0 aliphatic carbocycles. The minimum atomic E-state index is -0.0872. The van der Waals surface area contributed by atoms with Crippen LogP contribution in [0.5, 0.6) is 0 Å². The van der Waals surface area contributed by atoms with E-state index in [-0.39, 0.29) is 12.5 Å². The molecule has 1 amide bonds. The Morgan fingerprint density at radius 1 is 1.35 bits per heavy atom. The van der Waals surface area contributed by atoms with Gasteiger partial charge in [-0.1, -0.05) is 17.7 Å². The van der Waals surface area contributed by atoms with Crippen molar-refractivity contribution in [2.24, 2.45) is 0 Å². The summed E-state index contributed by atoms with van der Waals surface area (Å²) < 4.78 is 0.617. The summed E-state index contributed by atoms with van der Waals surface area (Å²) in [5.74, 6) is 0.211. The fraction of sp³-hybridized carbons (Fsp3) is 0.357. The molecule has 2 aromatic rings. The Balaban J connectivity index is 1.83. The van der Waals surface area contributed by atoms with Gasteiger partial charge in [-0.15, -0.1) is 22.7 Å². The third-order valence-electron chi connectivity index (χ3n) is 3.00. The maximum atomic E-state index is 11.9. The lowest BCUT2D eigenvalue weighted by molar-refractivity contribution is 0.0956. The molecule has 0 spiro atoms. The number of carbonyl (C=O) groups is 1. The smallest absolute Gasteiger partial charge is 0.261 e. The highest BCUT2D eigenvalue weighted by molar-refractivity contribution is 7.18. The van der Waals surface area contributed by atoms with Crippen molar-refractivity contribution in [2.45, 2.75) is 18.8 Å². The zero-order valence-corrected chi connectivity index (χ0v) is 13.2. The Hall–Kier alpha value is -0.880. The minimum Gasteiger partial charge on any atom is -0.396 e. The molecule has 0 aliphatic heterocycles. The standard InChI is InChI=1S/C14H16ClNO2S2/c15-13-4-3-12(20-13)14(18)16-7-5-10(6-8-17)11-2-1-9-19-11/h1-4,9-10,17H,5-8H2,(H,16,18)/t10-/m1/s1. The molecule has 0 aliphatic rings. The minimum absolute atomic E-state index is 0.0872. The van der Waals surface area contributed by atoms with Crippen molar-refractivity contribution in [1.82, 2.24) is 5.32 Å². The fourth-order valence-electron chi connectivity index (χ4n) is 1.99. The van der Waals surface area contributed by atoms with E-state index < -0.39 is 0 Å². The van der Waals surface area contributed by atoms with E-state index in [4.69, 9.17) is 16.7 Å². The first-order valence-corrected chi connectivity index (χ1v) is 8.46. The van der Waals surface area contributed by atoms with Crippen molar-refractivity contribution >= 4 is 40.2 Å². The molecule has 3 nitrogen and oxygen atoms in total. The summed E-state index contributed by atoms with van der Waals surface area (Å²) in [6, 6.07) is 7.54. The molecule has 6 heteroatoms. The van der Waals surface area contributed by atoms with E-state index >= 15 is 0 Å². The summed E-state index contributed by atoms with van der Waals surface area (Å²) in [6.45, 7) is 0.758. The van der Waals surface area contributed by atoms with Crippen LogP contribution in [0.3, 0.4) is 0 Å². The number of halogens is 1. The molecule has 108 valence electrons. The third kappa shape index (κ3) is 4.31. The van der Waals surface area contributed by atoms with Crippen LogP contribution in [-0.2, 0) is 0 Å². The number of aliphatic hydroxyl groups excluding tert-OH is 1. The Kier molecular flexibility index (Phi) is 6.04. The Labute approximate surface area is 131 Å². The number of thiophene rings is 2. The average Bonchev–Trinajstić information content (AvgIpc) is 3.08. The molecule has 20 heavy (non-hydrogen) atoms. The molecule has 0 fully saturated rings. The van der Waals surface area contributed by atoms with Crippen molar-refractivity contribution < 1.29 is 9.90 Å². The van der Waals surface area contributed by atoms with Gasteiger partial charge in [0.15, 0.2) is 0 Å². The second-order valence-electron chi connectivity index (χ2n) is 4.37. The number of hydrogen-bond acceptors (Lipinski definition) is 4. The molecule has 0 bridgehead atoms. The van der Waals surface area contributed by atoms with E-state index in [2.05, 4.69) is 11.4 Å². The number of nitrogens with one attached hydrogen (secondary N) is 1. The summed E-state index contributed by atoms with van der Waals surface area (Å²) in [6.07, 6.45) is 1.55. The highest BCUT2D eigenvalue weighted by atomic mass is 35.5. The lowest BCUT2D eigenvalue weighted by Gasteiger charge is -2.14. The topological polar surface area (TPSA) is 49.3 Å². The van der Waals surface area contributed by atoms with Gasteiger partial charge < -0.3 is 10.4 Å². The van der Waals surface area contributed by atoms with Gasteiger partial charge >= 0.3 is 0 Å². The molecule has 0 aromatic carbocycles. The van der Waals surface area contributed by atoms with Gasteiger partial charge in [0.05, 0.1) is 9.21 Å². The van der Waals surface area contributed by atoms with E-state index in [1.165, 1.54) is 16.2 Å². The molecule has 0 unspecified atom stereocenters. The van der Waals surface area contributed by atoms with Crippen molar-refractivity contribution in [1.29, 1.82) is 0 Å². The third-order valence-corrected chi connectivity index (χ3v) is 5.26. The maximum absolute atomic E-state index is 11.9. The Morgan fingerprint density at radius 2 is 2.20 bits per heavy atom. The monoisotopic (exact) mass is 329 g/mol. The van der Waals surface area contributed by atoms with Crippen LogP contribution in [0, 0.1) is 0 Å². The van der Waals surface area contributed by atoms with Gasteiger partial charge in [0, 0.05) is 18.0 Å². The molecule has 2 aromatic heterocycles. The molecule has 1 atom stereocenters. The number of amides is 1. The van der Waals surface area contributed by atoms with E-state index in [0.717, 1.165) is 12.8 Å². The van der Waals surface area contributed by atoms with E-state index in [0.29, 0.717) is 21.7 Å². The molecule has 2 rings (SSSR count). The summed E-state index contributed by atoms with van der Waals surface area (Å²) in [5.41, 5.74) is 0. The molecule has 2 N–H and O–H groups in total. The lowest BCUT2D eigenvalue weighted by atomic mass is 10.00. The van der Waals surface area contributed by atoms with Gasteiger partial charge in [-0.25, -0.2) is 0 Å². The molecule has 0 saturated carbocycles. The quantitative estimate of drug-likeness (QED) is 0.812. The van der Waals surface area contributed by atoms with Crippen LogP contribution in [-0.4, -0.2) is 24.2 Å². The van der Waals surface area contributed by atoms with Crippen molar-refractivity contribution in [3.63, 3.8) is 0 Å². The van der Waals surface area contributed by atoms with Crippen molar-refractivity contribution in [3.05, 3.63) is 43.7 Å². The zero-order valence-electron chi connectivity index (χ0n) is 10.8. The number of rotatable bonds is 7. The highest BCUT2D eigenvalue weighted by Gasteiger charge is 2.13. The Morgan fingerprint density at radius 3 is 2.80 bits per heavy atom. The Bertz CT molecular complexity index is 539. The summed E-state index contributed by atoms with van der Waals surface area (Å²) in [4.78, 5) is 13.8. The first-order chi connectivity index (χ1) is 9.70. The van der Waals surface area contributed by atoms with Gasteiger partial charge in [0.1, 0.15) is 0 Å². The van der Waals surface area contributed by atoms with Crippen LogP contribution in [0.2, 0.25) is 4.34 Å². The molecule has 0 radical (unpaired) electrons. The van der Waals surface area contributed by atoms with Gasteiger partial charge in [-0.05, 0) is 42.3 Å². The number of carbonyl (C=O) groups excluding carboxylic acids is 1. The maximum Gasteiger partial charge on any atom is 0.261 e. The molecule has 2 heterocycles. The zero-order chi connectivity index (χ0) is 14.4. The first-order valence-electron chi connectivity index (χ1n) is 6.38. The van der Waals surface area contributed by atoms with Crippen LogP contribution >= 0.6 is 34.3 Å². The van der Waals surface area contributed by atoms with Gasteiger partial charge in [0.2, 0.25) is 0 Å². The lowest BCUT2D eigenvalue weighted by Crippen LogP contribution is -2.24. The number of aliphatic hydroxyl groups is 1. The number of hydrogen-bond donors (Lipinski definition) is 2.